The van der Waals surface area contributed by atoms with Gasteiger partial charge in [-0.1, -0.05) is 43.1 Å². The number of halogens is 1. The van der Waals surface area contributed by atoms with Crippen molar-refractivity contribution < 1.29 is 23.8 Å². The first-order valence-electron chi connectivity index (χ1n) is 11.1. The van der Waals surface area contributed by atoms with E-state index in [1.54, 1.807) is 12.1 Å². The number of rotatable bonds is 10. The fraction of sp³-hybridized carbons (Fsp3) is 0.320. The third kappa shape index (κ3) is 5.75. The number of thiazole rings is 1. The molecule has 1 aliphatic rings. The Morgan fingerprint density at radius 3 is 2.88 bits per heavy atom. The zero-order valence-corrected chi connectivity index (χ0v) is 20.4. The Morgan fingerprint density at radius 1 is 1.21 bits per heavy atom. The molecular weight excluding hydrogens is 476 g/mol. The Labute approximate surface area is 207 Å². The van der Waals surface area contributed by atoms with Gasteiger partial charge in [0, 0.05) is 23.1 Å². The van der Waals surface area contributed by atoms with E-state index in [1.807, 2.05) is 35.7 Å². The lowest BCUT2D eigenvalue weighted by Gasteiger charge is -2.29. The van der Waals surface area contributed by atoms with Crippen LogP contribution in [0, 0.1) is 0 Å². The van der Waals surface area contributed by atoms with Gasteiger partial charge in [0.25, 0.3) is 5.91 Å². The zero-order chi connectivity index (χ0) is 23.9. The van der Waals surface area contributed by atoms with E-state index in [0.29, 0.717) is 29.7 Å². The molecule has 0 radical (unpaired) electrons. The smallest absolute Gasteiger partial charge is 0.326 e. The second-order valence-electron chi connectivity index (χ2n) is 7.66. The standard InChI is InChI=1S/C25H25ClN2O5S/c1-2-3-10-31-11-12-32-24(30)14-28-21-13-17(8-9-22(21)33-15-23(28)29)20-16-34-25(27-20)18-6-4-5-7-19(18)26/h4-9,13,16H,2-3,10-12,14-15H2,1H3. The van der Waals surface area contributed by atoms with Crippen molar-refractivity contribution in [3.05, 3.63) is 52.9 Å². The predicted octanol–water partition coefficient (Wildman–Crippen LogP) is 5.22. The first kappa shape index (κ1) is 24.2. The van der Waals surface area contributed by atoms with E-state index in [0.717, 1.165) is 34.7 Å². The van der Waals surface area contributed by atoms with Crippen LogP contribution >= 0.6 is 22.9 Å². The molecule has 0 atom stereocenters. The van der Waals surface area contributed by atoms with E-state index in [4.69, 9.17) is 30.8 Å². The molecule has 178 valence electrons. The molecule has 34 heavy (non-hydrogen) atoms. The minimum Gasteiger partial charge on any atom is -0.482 e. The number of amides is 1. The highest BCUT2D eigenvalue weighted by atomic mass is 35.5. The van der Waals surface area contributed by atoms with Crippen LogP contribution in [0.4, 0.5) is 5.69 Å². The van der Waals surface area contributed by atoms with Crippen LogP contribution in [0.2, 0.25) is 5.02 Å². The fourth-order valence-corrected chi connectivity index (χ4v) is 4.59. The van der Waals surface area contributed by atoms with Gasteiger partial charge in [0.2, 0.25) is 0 Å². The van der Waals surface area contributed by atoms with Gasteiger partial charge in [0.15, 0.2) is 6.61 Å². The van der Waals surface area contributed by atoms with Crippen molar-refractivity contribution in [2.45, 2.75) is 19.8 Å². The summed E-state index contributed by atoms with van der Waals surface area (Å²) < 4.78 is 16.2. The van der Waals surface area contributed by atoms with E-state index in [1.165, 1.54) is 16.2 Å². The molecule has 0 saturated carbocycles. The second-order valence-corrected chi connectivity index (χ2v) is 8.92. The fourth-order valence-electron chi connectivity index (χ4n) is 3.44. The van der Waals surface area contributed by atoms with Crippen molar-refractivity contribution in [3.8, 4) is 27.6 Å². The molecule has 0 saturated heterocycles. The molecule has 2 aromatic carbocycles. The van der Waals surface area contributed by atoms with Crippen molar-refractivity contribution in [3.63, 3.8) is 0 Å². The SMILES string of the molecule is CCCCOCCOC(=O)CN1C(=O)COc2ccc(-c3csc(-c4ccccc4Cl)n3)cc21. The highest BCUT2D eigenvalue weighted by Crippen LogP contribution is 2.38. The topological polar surface area (TPSA) is 78.0 Å². The Balaban J connectivity index is 1.48. The number of fused-ring (bicyclic) bond motifs is 1. The second kappa shape index (κ2) is 11.5. The van der Waals surface area contributed by atoms with Crippen LogP contribution in [0.15, 0.2) is 47.8 Å². The first-order valence-corrected chi connectivity index (χ1v) is 12.3. The number of hydrogen-bond donors (Lipinski definition) is 0. The van der Waals surface area contributed by atoms with Crippen LogP contribution in [0.3, 0.4) is 0 Å². The van der Waals surface area contributed by atoms with Crippen LogP contribution in [0.1, 0.15) is 19.8 Å². The lowest BCUT2D eigenvalue weighted by atomic mass is 10.1. The van der Waals surface area contributed by atoms with Crippen LogP contribution in [0.25, 0.3) is 21.8 Å². The van der Waals surface area contributed by atoms with Crippen molar-refractivity contribution in [2.24, 2.45) is 0 Å². The van der Waals surface area contributed by atoms with Crippen molar-refractivity contribution in [1.82, 2.24) is 4.98 Å². The molecule has 0 bridgehead atoms. The Morgan fingerprint density at radius 2 is 2.06 bits per heavy atom. The number of unbranched alkanes of at least 4 members (excludes halogenated alkanes) is 1. The normalized spacial score (nSPS) is 12.9. The average Bonchev–Trinajstić information content (AvgIpc) is 3.33. The summed E-state index contributed by atoms with van der Waals surface area (Å²) >= 11 is 7.80. The maximum atomic E-state index is 12.6. The summed E-state index contributed by atoms with van der Waals surface area (Å²) in [4.78, 5) is 31.0. The Hall–Kier alpha value is -2.94. The minimum atomic E-state index is -0.500. The molecule has 0 unspecified atom stereocenters. The largest absolute Gasteiger partial charge is 0.482 e. The maximum Gasteiger partial charge on any atom is 0.326 e. The summed E-state index contributed by atoms with van der Waals surface area (Å²) in [6.07, 6.45) is 2.01. The summed E-state index contributed by atoms with van der Waals surface area (Å²) in [6, 6.07) is 13.0. The molecular formula is C25H25ClN2O5S. The molecule has 3 aromatic rings. The molecule has 7 nitrogen and oxygen atoms in total. The van der Waals surface area contributed by atoms with Gasteiger partial charge in [-0.2, -0.15) is 0 Å². The summed E-state index contributed by atoms with van der Waals surface area (Å²) in [5.41, 5.74) is 2.92. The highest BCUT2D eigenvalue weighted by Gasteiger charge is 2.28. The predicted molar refractivity (Wildman–Crippen MR) is 133 cm³/mol. The number of hydrogen-bond acceptors (Lipinski definition) is 7. The summed E-state index contributed by atoms with van der Waals surface area (Å²) in [7, 11) is 0. The number of nitrogens with zero attached hydrogens (tertiary/aromatic N) is 2. The number of aromatic nitrogens is 1. The quantitative estimate of drug-likeness (QED) is 0.281. The van der Waals surface area contributed by atoms with Gasteiger partial charge in [-0.3, -0.25) is 14.5 Å². The third-order valence-electron chi connectivity index (χ3n) is 5.23. The Bertz CT molecular complexity index is 1170. The summed E-state index contributed by atoms with van der Waals surface area (Å²) in [5, 5.41) is 3.36. The average molecular weight is 501 g/mol. The van der Waals surface area contributed by atoms with Gasteiger partial charge >= 0.3 is 5.97 Å². The van der Waals surface area contributed by atoms with E-state index in [-0.39, 0.29) is 25.7 Å². The molecule has 0 spiro atoms. The molecule has 0 aliphatic carbocycles. The number of esters is 1. The lowest BCUT2D eigenvalue weighted by molar-refractivity contribution is -0.144. The number of anilines is 1. The highest BCUT2D eigenvalue weighted by molar-refractivity contribution is 7.13. The van der Waals surface area contributed by atoms with Gasteiger partial charge in [-0.05, 0) is 30.7 Å². The molecule has 1 aromatic heterocycles. The van der Waals surface area contributed by atoms with E-state index < -0.39 is 5.97 Å². The molecule has 4 rings (SSSR count). The molecule has 0 fully saturated rings. The molecule has 1 aliphatic heterocycles. The number of carbonyl (C=O) groups excluding carboxylic acids is 2. The van der Waals surface area contributed by atoms with E-state index in [9.17, 15) is 9.59 Å². The van der Waals surface area contributed by atoms with Crippen LogP contribution in [-0.4, -0.2) is 49.8 Å². The Kier molecular flexibility index (Phi) is 8.16. The summed E-state index contributed by atoms with van der Waals surface area (Å²) in [5.74, 6) is -0.281. The number of ether oxygens (including phenoxy) is 3. The van der Waals surface area contributed by atoms with Crippen LogP contribution < -0.4 is 9.64 Å². The molecule has 0 N–H and O–H groups in total. The van der Waals surface area contributed by atoms with Crippen LogP contribution in [-0.2, 0) is 19.1 Å². The van der Waals surface area contributed by atoms with Gasteiger partial charge < -0.3 is 14.2 Å². The molecule has 9 heteroatoms. The van der Waals surface area contributed by atoms with Gasteiger partial charge in [0.05, 0.1) is 23.0 Å². The van der Waals surface area contributed by atoms with Crippen molar-refractivity contribution >= 4 is 40.5 Å². The van der Waals surface area contributed by atoms with E-state index in [2.05, 4.69) is 6.92 Å². The molecule has 2 heterocycles. The molecule has 1 amide bonds. The zero-order valence-electron chi connectivity index (χ0n) is 18.8. The number of carbonyl (C=O) groups is 2. The summed E-state index contributed by atoms with van der Waals surface area (Å²) in [6.45, 7) is 2.88. The lowest BCUT2D eigenvalue weighted by Crippen LogP contribution is -2.42. The van der Waals surface area contributed by atoms with Crippen molar-refractivity contribution in [2.75, 3.05) is 37.9 Å². The minimum absolute atomic E-state index is 0.132. The van der Waals surface area contributed by atoms with Gasteiger partial charge in [-0.15, -0.1) is 11.3 Å². The van der Waals surface area contributed by atoms with Gasteiger partial charge in [0.1, 0.15) is 23.9 Å². The van der Waals surface area contributed by atoms with E-state index >= 15 is 0 Å². The van der Waals surface area contributed by atoms with Crippen LogP contribution in [0.5, 0.6) is 5.75 Å². The maximum absolute atomic E-state index is 12.6. The third-order valence-corrected chi connectivity index (χ3v) is 6.43. The van der Waals surface area contributed by atoms with Gasteiger partial charge in [-0.25, -0.2) is 4.98 Å². The van der Waals surface area contributed by atoms with Crippen molar-refractivity contribution in [1.29, 1.82) is 0 Å². The monoisotopic (exact) mass is 500 g/mol. The number of benzene rings is 2. The first-order chi connectivity index (χ1) is 16.6.